The first kappa shape index (κ1) is 30.7. The van der Waals surface area contributed by atoms with Crippen LogP contribution >= 0.6 is 11.8 Å². The summed E-state index contributed by atoms with van der Waals surface area (Å²) in [6.45, 7) is 5.60. The summed E-state index contributed by atoms with van der Waals surface area (Å²) < 4.78 is 34.0. The number of amides is 3. The van der Waals surface area contributed by atoms with Crippen molar-refractivity contribution >= 4 is 35.3 Å². The summed E-state index contributed by atoms with van der Waals surface area (Å²) in [7, 11) is 1.66. The van der Waals surface area contributed by atoms with Crippen molar-refractivity contribution in [1.82, 2.24) is 10.3 Å². The van der Waals surface area contributed by atoms with Crippen molar-refractivity contribution in [3.63, 3.8) is 0 Å². The number of nitrogens with zero attached hydrogens (tertiary/aromatic N) is 4. The molecule has 0 spiro atoms. The first-order valence-corrected chi connectivity index (χ1v) is 12.9. The molecule has 4 rings (SSSR count). The molecule has 2 heterocycles. The molecule has 2 aromatic rings. The molecule has 1 N–H and O–H groups in total. The van der Waals surface area contributed by atoms with Crippen LogP contribution in [0.5, 0.6) is 0 Å². The van der Waals surface area contributed by atoms with Crippen molar-refractivity contribution < 1.29 is 51.6 Å². The van der Waals surface area contributed by atoms with Gasteiger partial charge in [0.15, 0.2) is 0 Å². The van der Waals surface area contributed by atoms with E-state index in [4.69, 9.17) is 4.74 Å². The fraction of sp³-hybridized carbons (Fsp3) is 0.333. The normalized spacial score (nSPS) is 21.9. The Morgan fingerprint density at radius 1 is 1.15 bits per heavy atom. The Morgan fingerprint density at radius 3 is 2.51 bits per heavy atom. The van der Waals surface area contributed by atoms with Crippen LogP contribution in [0, 0.1) is 11.6 Å². The number of nitrogens with one attached hydrogen (secondary N) is 1. The molecule has 2 aromatic carbocycles. The Bertz CT molecular complexity index is 1300. The molecule has 3 amide bonds. The third kappa shape index (κ3) is 6.84. The lowest BCUT2D eigenvalue weighted by atomic mass is 10.0. The predicted molar refractivity (Wildman–Crippen MR) is 143 cm³/mol. The number of quaternary nitrogens is 1. The fourth-order valence-corrected chi connectivity index (χ4v) is 5.50. The maximum absolute atomic E-state index is 14.8. The van der Waals surface area contributed by atoms with Gasteiger partial charge in [-0.25, -0.2) is 23.4 Å². The van der Waals surface area contributed by atoms with Crippen LogP contribution in [0.25, 0.3) is 0 Å². The molecule has 0 aliphatic carbocycles. The van der Waals surface area contributed by atoms with Crippen molar-refractivity contribution in [2.45, 2.75) is 44.1 Å². The zero-order valence-electron chi connectivity index (χ0n) is 22.0. The largest absolute Gasteiger partial charge is 1.00 e. The van der Waals surface area contributed by atoms with E-state index >= 15 is 0 Å². The number of carbonyl (C=O) groups excluding carboxylic acids is 2. The van der Waals surface area contributed by atoms with Gasteiger partial charge in [-0.3, -0.25) is 0 Å². The second kappa shape index (κ2) is 12.1. The number of halogens is 3. The Morgan fingerprint density at radius 2 is 1.87 bits per heavy atom. The minimum atomic E-state index is -1.10. The zero-order chi connectivity index (χ0) is 27.6. The minimum Gasteiger partial charge on any atom is -1.00 e. The van der Waals surface area contributed by atoms with Gasteiger partial charge in [0, 0.05) is 12.1 Å². The summed E-state index contributed by atoms with van der Waals surface area (Å²) in [4.78, 5) is 29.1. The monoisotopic (exact) mass is 669 g/mol. The summed E-state index contributed by atoms with van der Waals surface area (Å²) in [6, 6.07) is 12.0. The van der Waals surface area contributed by atoms with E-state index in [2.05, 4.69) is 15.4 Å². The van der Waals surface area contributed by atoms with Gasteiger partial charge in [-0.05, 0) is 57.4 Å². The van der Waals surface area contributed by atoms with E-state index in [0.29, 0.717) is 12.8 Å². The van der Waals surface area contributed by atoms with E-state index in [0.717, 1.165) is 23.8 Å². The van der Waals surface area contributed by atoms with Crippen LogP contribution in [0.15, 0.2) is 71.0 Å². The Labute approximate surface area is 247 Å². The quantitative estimate of drug-likeness (QED) is 0.292. The summed E-state index contributed by atoms with van der Waals surface area (Å²) >= 11 is 1.18. The number of ether oxygens (including phenoxy) is 1. The first-order chi connectivity index (χ1) is 17.9. The summed E-state index contributed by atoms with van der Waals surface area (Å²) in [6.07, 6.45) is 4.84. The summed E-state index contributed by atoms with van der Waals surface area (Å²) in [5.74, 6) is -1.27. The molecule has 0 saturated carbocycles. The van der Waals surface area contributed by atoms with Gasteiger partial charge in [-0.1, -0.05) is 42.1 Å². The second-order valence-electron chi connectivity index (χ2n) is 10.1. The number of thioether (sulfide) groups is 1. The lowest BCUT2D eigenvalue weighted by Gasteiger charge is -2.37. The number of hydrazone groups is 1. The Kier molecular flexibility index (Phi) is 9.55. The molecule has 0 radical (unpaired) electrons. The van der Waals surface area contributed by atoms with Gasteiger partial charge in [0.1, 0.15) is 33.4 Å². The van der Waals surface area contributed by atoms with Crippen LogP contribution in [-0.4, -0.2) is 52.2 Å². The van der Waals surface area contributed by atoms with Crippen molar-refractivity contribution in [3.8, 4) is 0 Å². The highest BCUT2D eigenvalue weighted by Crippen LogP contribution is 2.51. The third-order valence-electron chi connectivity index (χ3n) is 5.91. The van der Waals surface area contributed by atoms with Crippen LogP contribution in [0.2, 0.25) is 0 Å². The number of aliphatic imine (C=N–C) groups is 1. The van der Waals surface area contributed by atoms with Crippen LogP contribution < -0.4 is 29.3 Å². The van der Waals surface area contributed by atoms with E-state index in [9.17, 15) is 18.4 Å². The lowest BCUT2D eigenvalue weighted by Crippen LogP contribution is -3.00. The van der Waals surface area contributed by atoms with Crippen LogP contribution in [-0.2, 0) is 9.61 Å². The topological polar surface area (TPSA) is 83.4 Å². The average molecular weight is 670 g/mol. The summed E-state index contributed by atoms with van der Waals surface area (Å²) in [5.41, 5.74) is 0.0742. The highest BCUT2D eigenvalue weighted by molar-refractivity contribution is 8.15. The van der Waals surface area contributed by atoms with E-state index in [1.165, 1.54) is 29.3 Å². The van der Waals surface area contributed by atoms with Gasteiger partial charge in [0.2, 0.25) is 6.34 Å². The molecular weight excluding hydrogens is 639 g/mol. The van der Waals surface area contributed by atoms with Crippen molar-refractivity contribution in [1.29, 1.82) is 0 Å². The van der Waals surface area contributed by atoms with Gasteiger partial charge in [-0.2, -0.15) is 14.6 Å². The van der Waals surface area contributed by atoms with Crippen molar-refractivity contribution in [3.05, 3.63) is 83.7 Å². The fourth-order valence-electron chi connectivity index (χ4n) is 4.09. The number of rotatable bonds is 6. The number of hydrogen-bond acceptors (Lipinski definition) is 6. The van der Waals surface area contributed by atoms with Crippen molar-refractivity contribution in [2.24, 2.45) is 10.1 Å². The van der Waals surface area contributed by atoms with E-state index in [-0.39, 0.29) is 45.6 Å². The van der Waals surface area contributed by atoms with Crippen molar-refractivity contribution in [2.75, 3.05) is 13.6 Å². The maximum Gasteiger partial charge on any atom is 0.451 e. The molecule has 2 atom stereocenters. The molecule has 208 valence electrons. The number of urea groups is 1. The molecular formula is C27H30F2IN5O3S. The summed E-state index contributed by atoms with van der Waals surface area (Å²) in [5, 5.41) is 8.82. The Hall–Kier alpha value is -2.84. The smallest absolute Gasteiger partial charge is 0.451 e. The molecule has 12 heteroatoms. The molecule has 8 nitrogen and oxygen atoms in total. The van der Waals surface area contributed by atoms with Crippen LogP contribution in [0.1, 0.15) is 44.7 Å². The molecule has 2 aliphatic rings. The zero-order valence-corrected chi connectivity index (χ0v) is 25.0. The highest BCUT2D eigenvalue weighted by Gasteiger charge is 2.54. The van der Waals surface area contributed by atoms with Crippen LogP contribution in [0.3, 0.4) is 0 Å². The van der Waals surface area contributed by atoms with E-state index in [1.54, 1.807) is 34.0 Å². The van der Waals surface area contributed by atoms with Gasteiger partial charge in [0.05, 0.1) is 13.2 Å². The molecule has 39 heavy (non-hydrogen) atoms. The predicted octanol–water partition coefficient (Wildman–Crippen LogP) is 2.92. The molecule has 0 aromatic heterocycles. The Balaban J connectivity index is 0.00000420. The number of hydrogen-bond donors (Lipinski definition) is 1. The van der Waals surface area contributed by atoms with E-state index in [1.807, 2.05) is 30.3 Å². The van der Waals surface area contributed by atoms with Gasteiger partial charge >= 0.3 is 12.1 Å². The van der Waals surface area contributed by atoms with Gasteiger partial charge < -0.3 is 34.0 Å². The third-order valence-corrected chi connectivity index (χ3v) is 7.35. The molecule has 0 fully saturated rings. The number of benzene rings is 2. The molecule has 0 bridgehead atoms. The molecule has 1 unspecified atom stereocenters. The second-order valence-corrected chi connectivity index (χ2v) is 11.4. The van der Waals surface area contributed by atoms with Crippen LogP contribution in [0.4, 0.5) is 18.4 Å². The minimum absolute atomic E-state index is 0. The maximum atomic E-state index is 14.8. The SMILES string of the molecule is CC(C)(C)OC(=O)NCCC[C@@]1(c2ccccc2)SC(c2cc(F)ccc2F)=NN1C(=O)[N+]1(C)C=CN=C1.[I-]. The number of carbonyl (C=O) groups is 2. The first-order valence-electron chi connectivity index (χ1n) is 12.1. The molecule has 0 saturated heterocycles. The molecule has 2 aliphatic heterocycles. The standard InChI is InChI=1S/C27H29F2N5O3S.HI/c1-26(2,3)37-24(35)31-14-8-13-27(19-9-6-5-7-10-19)33(25(36)34(4)16-15-30-18-34)32-23(38-27)21-17-20(28)11-12-22(21)29;/h5-7,9-12,15-18H,8,13-14H2,1-4H3;1H/t27-,34?;/m0./s1. The van der Waals surface area contributed by atoms with Gasteiger partial charge in [0.25, 0.3) is 0 Å². The highest BCUT2D eigenvalue weighted by atomic mass is 127. The average Bonchev–Trinajstić information content (AvgIpc) is 3.48. The van der Waals surface area contributed by atoms with E-state index < -0.39 is 34.2 Å². The lowest BCUT2D eigenvalue weighted by molar-refractivity contribution is -0.671. The van der Waals surface area contributed by atoms with Gasteiger partial charge in [-0.15, -0.1) is 0 Å². The number of alkyl carbamates (subject to hydrolysis) is 1.